The zero-order valence-corrected chi connectivity index (χ0v) is 8.77. The van der Waals surface area contributed by atoms with Gasteiger partial charge in [-0.25, -0.2) is 8.78 Å². The van der Waals surface area contributed by atoms with Crippen molar-refractivity contribution in [2.75, 3.05) is 13.1 Å². The van der Waals surface area contributed by atoms with Gasteiger partial charge in [0.25, 0.3) is 6.43 Å². The highest BCUT2D eigenvalue weighted by Gasteiger charge is 2.15. The van der Waals surface area contributed by atoms with Crippen molar-refractivity contribution >= 4 is 5.91 Å². The van der Waals surface area contributed by atoms with Gasteiger partial charge < -0.3 is 10.6 Å². The van der Waals surface area contributed by atoms with Gasteiger partial charge in [-0.05, 0) is 12.8 Å². The minimum atomic E-state index is -2.40. The van der Waals surface area contributed by atoms with Crippen LogP contribution in [0.2, 0.25) is 0 Å². The second kappa shape index (κ2) is 6.71. The molecule has 0 unspecified atom stereocenters. The molecule has 3 nitrogen and oxygen atoms in total. The number of halogens is 2. The van der Waals surface area contributed by atoms with Crippen molar-refractivity contribution in [2.24, 2.45) is 0 Å². The monoisotopic (exact) mass is 220 g/mol. The summed E-state index contributed by atoms with van der Waals surface area (Å²) in [6.07, 6.45) is 3.16. The molecule has 0 heterocycles. The van der Waals surface area contributed by atoms with E-state index in [1.54, 1.807) is 0 Å². The van der Waals surface area contributed by atoms with E-state index < -0.39 is 13.0 Å². The van der Waals surface area contributed by atoms with Crippen LogP contribution < -0.4 is 10.6 Å². The summed E-state index contributed by atoms with van der Waals surface area (Å²) in [7, 11) is 0. The van der Waals surface area contributed by atoms with Gasteiger partial charge in [0, 0.05) is 6.04 Å². The Morgan fingerprint density at radius 1 is 1.27 bits per heavy atom. The highest BCUT2D eigenvalue weighted by atomic mass is 19.3. The smallest absolute Gasteiger partial charge is 0.250 e. The first kappa shape index (κ1) is 12.4. The molecule has 0 aliphatic heterocycles. The number of carbonyl (C=O) groups is 1. The van der Waals surface area contributed by atoms with E-state index in [9.17, 15) is 13.6 Å². The normalized spacial score (nSPS) is 18.1. The molecule has 2 N–H and O–H groups in total. The molecule has 5 heteroatoms. The second-order valence-corrected chi connectivity index (χ2v) is 3.92. The van der Waals surface area contributed by atoms with Gasteiger partial charge >= 0.3 is 0 Å². The number of rotatable bonds is 5. The summed E-state index contributed by atoms with van der Waals surface area (Å²) in [5.74, 6) is -0.178. The molecule has 0 aromatic heterocycles. The molecule has 0 aromatic rings. The topological polar surface area (TPSA) is 41.1 Å². The number of hydrogen-bond donors (Lipinski definition) is 2. The Labute approximate surface area is 88.6 Å². The molecule has 0 bridgehead atoms. The van der Waals surface area contributed by atoms with Crippen molar-refractivity contribution in [1.29, 1.82) is 0 Å². The van der Waals surface area contributed by atoms with Crippen LogP contribution >= 0.6 is 0 Å². The first-order valence-electron chi connectivity index (χ1n) is 5.46. The fourth-order valence-corrected chi connectivity index (χ4v) is 1.82. The van der Waals surface area contributed by atoms with Crippen LogP contribution in [0.3, 0.4) is 0 Å². The summed E-state index contributed by atoms with van der Waals surface area (Å²) in [6.45, 7) is -0.432. The Morgan fingerprint density at radius 3 is 2.53 bits per heavy atom. The maximum atomic E-state index is 11.7. The standard InChI is InChI=1S/C10H18F2N2O/c11-9(12)6-13-7-10(15)14-8-4-2-1-3-5-8/h8-9,13H,1-7H2,(H,14,15). The van der Waals surface area contributed by atoms with Crippen molar-refractivity contribution in [3.8, 4) is 0 Å². The molecule has 1 saturated carbocycles. The van der Waals surface area contributed by atoms with E-state index in [4.69, 9.17) is 0 Å². The predicted molar refractivity (Wildman–Crippen MR) is 53.9 cm³/mol. The zero-order valence-electron chi connectivity index (χ0n) is 8.77. The lowest BCUT2D eigenvalue weighted by Gasteiger charge is -2.22. The van der Waals surface area contributed by atoms with E-state index in [-0.39, 0.29) is 18.5 Å². The van der Waals surface area contributed by atoms with Gasteiger partial charge in [-0.3, -0.25) is 4.79 Å². The molecular weight excluding hydrogens is 202 g/mol. The van der Waals surface area contributed by atoms with E-state index in [0.29, 0.717) is 0 Å². The third-order valence-corrected chi connectivity index (χ3v) is 2.55. The molecule has 1 amide bonds. The number of nitrogens with one attached hydrogen (secondary N) is 2. The van der Waals surface area contributed by atoms with Crippen molar-refractivity contribution in [3.63, 3.8) is 0 Å². The Kier molecular flexibility index (Phi) is 5.53. The van der Waals surface area contributed by atoms with Crippen LogP contribution in [0.25, 0.3) is 0 Å². The second-order valence-electron chi connectivity index (χ2n) is 3.92. The largest absolute Gasteiger partial charge is 0.352 e. The van der Waals surface area contributed by atoms with Gasteiger partial charge in [-0.1, -0.05) is 19.3 Å². The predicted octanol–water partition coefficient (Wildman–Crippen LogP) is 1.29. The van der Waals surface area contributed by atoms with Crippen LogP contribution in [0, 0.1) is 0 Å². The molecule has 0 aromatic carbocycles. The summed E-state index contributed by atoms with van der Waals surface area (Å²) in [4.78, 5) is 11.3. The molecule has 1 aliphatic rings. The first-order valence-corrected chi connectivity index (χ1v) is 5.46. The van der Waals surface area contributed by atoms with Crippen molar-refractivity contribution in [1.82, 2.24) is 10.6 Å². The lowest BCUT2D eigenvalue weighted by atomic mass is 9.95. The van der Waals surface area contributed by atoms with Crippen molar-refractivity contribution in [2.45, 2.75) is 44.6 Å². The summed E-state index contributed by atoms with van der Waals surface area (Å²) in [6, 6.07) is 0.250. The number of carbonyl (C=O) groups excluding carboxylic acids is 1. The van der Waals surface area contributed by atoms with Gasteiger partial charge in [-0.15, -0.1) is 0 Å². The van der Waals surface area contributed by atoms with E-state index >= 15 is 0 Å². The SMILES string of the molecule is O=C(CNCC(F)F)NC1CCCCC1. The van der Waals surface area contributed by atoms with Crippen LogP contribution in [0.5, 0.6) is 0 Å². The van der Waals surface area contributed by atoms with E-state index in [1.807, 2.05) is 0 Å². The van der Waals surface area contributed by atoms with E-state index in [1.165, 1.54) is 6.42 Å². The summed E-state index contributed by atoms with van der Waals surface area (Å²) in [5, 5.41) is 5.26. The highest BCUT2D eigenvalue weighted by molar-refractivity contribution is 5.78. The van der Waals surface area contributed by atoms with Crippen molar-refractivity contribution in [3.05, 3.63) is 0 Å². The van der Waals surface area contributed by atoms with E-state index in [2.05, 4.69) is 10.6 Å². The lowest BCUT2D eigenvalue weighted by Crippen LogP contribution is -2.42. The molecule has 0 saturated heterocycles. The molecule has 1 aliphatic carbocycles. The van der Waals surface area contributed by atoms with Crippen molar-refractivity contribution < 1.29 is 13.6 Å². The molecule has 0 spiro atoms. The molecule has 1 fully saturated rings. The van der Waals surface area contributed by atoms with Gasteiger partial charge in [0.1, 0.15) is 0 Å². The Hall–Kier alpha value is -0.710. The first-order chi connectivity index (χ1) is 7.18. The summed E-state index contributed by atoms with van der Waals surface area (Å²) in [5.41, 5.74) is 0. The minimum Gasteiger partial charge on any atom is -0.352 e. The average Bonchev–Trinajstić information content (AvgIpc) is 2.18. The highest BCUT2D eigenvalue weighted by Crippen LogP contribution is 2.16. The van der Waals surface area contributed by atoms with Crippen LogP contribution in [0.15, 0.2) is 0 Å². The maximum Gasteiger partial charge on any atom is 0.250 e. The maximum absolute atomic E-state index is 11.7. The number of amides is 1. The van der Waals surface area contributed by atoms with Crippen LogP contribution in [0.1, 0.15) is 32.1 Å². The Bertz CT molecular complexity index is 194. The number of hydrogen-bond acceptors (Lipinski definition) is 2. The minimum absolute atomic E-state index is 0.0131. The van der Waals surface area contributed by atoms with E-state index in [0.717, 1.165) is 25.7 Å². The molecule has 0 atom stereocenters. The van der Waals surface area contributed by atoms with Gasteiger partial charge in [-0.2, -0.15) is 0 Å². The molecular formula is C10H18F2N2O. The third-order valence-electron chi connectivity index (χ3n) is 2.55. The number of alkyl halides is 2. The third kappa shape index (κ3) is 5.67. The summed E-state index contributed by atoms with van der Waals surface area (Å²) < 4.78 is 23.5. The Morgan fingerprint density at radius 2 is 1.93 bits per heavy atom. The summed E-state index contributed by atoms with van der Waals surface area (Å²) >= 11 is 0. The average molecular weight is 220 g/mol. The molecule has 88 valence electrons. The zero-order chi connectivity index (χ0) is 11.1. The molecule has 1 rings (SSSR count). The molecule has 15 heavy (non-hydrogen) atoms. The lowest BCUT2D eigenvalue weighted by molar-refractivity contribution is -0.121. The Balaban J connectivity index is 2.06. The van der Waals surface area contributed by atoms with Gasteiger partial charge in [0.2, 0.25) is 5.91 Å². The van der Waals surface area contributed by atoms with Crippen LogP contribution in [-0.2, 0) is 4.79 Å². The fourth-order valence-electron chi connectivity index (χ4n) is 1.82. The van der Waals surface area contributed by atoms with Crippen LogP contribution in [0.4, 0.5) is 8.78 Å². The fraction of sp³-hybridized carbons (Fsp3) is 0.900. The molecule has 0 radical (unpaired) electrons. The van der Waals surface area contributed by atoms with Gasteiger partial charge in [0.15, 0.2) is 0 Å². The van der Waals surface area contributed by atoms with Crippen LogP contribution in [-0.4, -0.2) is 31.5 Å². The van der Waals surface area contributed by atoms with Gasteiger partial charge in [0.05, 0.1) is 13.1 Å². The quantitative estimate of drug-likeness (QED) is 0.733.